The van der Waals surface area contributed by atoms with E-state index in [0.717, 1.165) is 55.9 Å². The minimum absolute atomic E-state index is 0.228. The Morgan fingerprint density at radius 1 is 1.12 bits per heavy atom. The lowest BCUT2D eigenvalue weighted by molar-refractivity contribution is -0.131. The van der Waals surface area contributed by atoms with Gasteiger partial charge in [-0.2, -0.15) is 5.10 Å². The molecule has 0 unspecified atom stereocenters. The van der Waals surface area contributed by atoms with Crippen molar-refractivity contribution in [2.24, 2.45) is 0 Å². The molecule has 0 saturated carbocycles. The maximum Gasteiger partial charge on any atom is 0.224 e. The number of aromatic amines is 1. The highest BCUT2D eigenvalue weighted by Gasteiger charge is 2.19. The fourth-order valence-corrected chi connectivity index (χ4v) is 3.55. The molecule has 0 aliphatic carbocycles. The van der Waals surface area contributed by atoms with E-state index in [9.17, 15) is 4.79 Å². The van der Waals surface area contributed by atoms with E-state index in [2.05, 4.69) is 24.6 Å². The molecule has 26 heavy (non-hydrogen) atoms. The molecule has 3 heterocycles. The second-order valence-electron chi connectivity index (χ2n) is 6.77. The van der Waals surface area contributed by atoms with E-state index in [1.807, 2.05) is 41.6 Å². The van der Waals surface area contributed by atoms with Gasteiger partial charge in [0.2, 0.25) is 5.91 Å². The maximum absolute atomic E-state index is 12.7. The van der Waals surface area contributed by atoms with Crippen molar-refractivity contribution in [2.45, 2.75) is 25.9 Å². The van der Waals surface area contributed by atoms with Gasteiger partial charge in [0.15, 0.2) is 0 Å². The number of aromatic nitrogens is 4. The topological polar surface area (TPSA) is 70.1 Å². The van der Waals surface area contributed by atoms with Crippen LogP contribution in [-0.2, 0) is 17.9 Å². The molecule has 1 amide bonds. The van der Waals surface area contributed by atoms with Crippen molar-refractivity contribution in [3.05, 3.63) is 48.5 Å². The molecule has 4 rings (SSSR count). The monoisotopic (exact) mass is 352 g/mol. The summed E-state index contributed by atoms with van der Waals surface area (Å²) in [6.45, 7) is 5.07. The van der Waals surface area contributed by atoms with Crippen molar-refractivity contribution in [1.29, 1.82) is 0 Å². The summed E-state index contributed by atoms with van der Waals surface area (Å²) in [4.78, 5) is 21.4. The van der Waals surface area contributed by atoms with Gasteiger partial charge < -0.3 is 9.47 Å². The van der Waals surface area contributed by atoms with Crippen LogP contribution in [0.3, 0.4) is 0 Å². The second-order valence-corrected chi connectivity index (χ2v) is 6.77. The standard InChI is InChI=1S/C19H24N6O/c26-19(7-11-25-15-20-17-4-1-2-5-18(17)25)24-10-3-9-23(12-13-24)14-16-6-8-21-22-16/h1-2,4-6,8,15H,3,7,9-14H2,(H,21,22). The number of rotatable bonds is 5. The Morgan fingerprint density at radius 2 is 2.04 bits per heavy atom. The number of H-pyrrole nitrogens is 1. The Bertz CT molecular complexity index is 856. The Hall–Kier alpha value is -2.67. The molecule has 0 spiro atoms. The Balaban J connectivity index is 1.30. The highest BCUT2D eigenvalue weighted by molar-refractivity contribution is 5.77. The zero-order valence-electron chi connectivity index (χ0n) is 14.8. The first-order valence-electron chi connectivity index (χ1n) is 9.18. The van der Waals surface area contributed by atoms with Crippen LogP contribution in [0.4, 0.5) is 0 Å². The zero-order valence-corrected chi connectivity index (χ0v) is 14.8. The summed E-state index contributed by atoms with van der Waals surface area (Å²) in [6.07, 6.45) is 5.13. The number of fused-ring (bicyclic) bond motifs is 1. The maximum atomic E-state index is 12.7. The number of aryl methyl sites for hydroxylation is 1. The summed E-state index contributed by atoms with van der Waals surface area (Å²) >= 11 is 0. The molecule has 3 aromatic rings. The molecule has 0 bridgehead atoms. The zero-order chi connectivity index (χ0) is 17.8. The number of nitrogens with one attached hydrogen (secondary N) is 1. The van der Waals surface area contributed by atoms with Gasteiger partial charge in [-0.15, -0.1) is 0 Å². The lowest BCUT2D eigenvalue weighted by atomic mass is 10.3. The molecule has 7 nitrogen and oxygen atoms in total. The van der Waals surface area contributed by atoms with E-state index in [1.54, 1.807) is 6.20 Å². The molecule has 136 valence electrons. The SMILES string of the molecule is O=C(CCn1cnc2ccccc21)N1CCCN(Cc2ccn[nH]2)CC1. The van der Waals surface area contributed by atoms with E-state index in [0.29, 0.717) is 13.0 Å². The highest BCUT2D eigenvalue weighted by atomic mass is 16.2. The second kappa shape index (κ2) is 7.70. The van der Waals surface area contributed by atoms with Crippen molar-refractivity contribution in [3.63, 3.8) is 0 Å². The van der Waals surface area contributed by atoms with Gasteiger partial charge in [-0.1, -0.05) is 12.1 Å². The van der Waals surface area contributed by atoms with Crippen LogP contribution in [0.5, 0.6) is 0 Å². The average Bonchev–Trinajstić information content (AvgIpc) is 3.25. The van der Waals surface area contributed by atoms with E-state index >= 15 is 0 Å². The molecule has 1 fully saturated rings. The average molecular weight is 352 g/mol. The smallest absolute Gasteiger partial charge is 0.224 e. The van der Waals surface area contributed by atoms with Gasteiger partial charge in [-0.25, -0.2) is 4.98 Å². The van der Waals surface area contributed by atoms with E-state index in [4.69, 9.17) is 0 Å². The van der Waals surface area contributed by atoms with Crippen LogP contribution in [0, 0.1) is 0 Å². The summed E-state index contributed by atoms with van der Waals surface area (Å²) in [5.74, 6) is 0.228. The number of carbonyl (C=O) groups is 1. The molecule has 1 aliphatic heterocycles. The third kappa shape index (κ3) is 3.77. The Morgan fingerprint density at radius 3 is 2.92 bits per heavy atom. The molecule has 2 aromatic heterocycles. The van der Waals surface area contributed by atoms with Gasteiger partial charge in [0, 0.05) is 57.6 Å². The van der Waals surface area contributed by atoms with Crippen LogP contribution < -0.4 is 0 Å². The molecule has 1 N–H and O–H groups in total. The van der Waals surface area contributed by atoms with Gasteiger partial charge in [-0.05, 0) is 24.6 Å². The molecule has 7 heteroatoms. The number of nitrogens with zero attached hydrogens (tertiary/aromatic N) is 5. The lowest BCUT2D eigenvalue weighted by Crippen LogP contribution is -2.35. The normalized spacial score (nSPS) is 16.1. The number of benzene rings is 1. The first kappa shape index (κ1) is 16.8. The first-order valence-corrected chi connectivity index (χ1v) is 9.18. The van der Waals surface area contributed by atoms with E-state index in [-0.39, 0.29) is 5.91 Å². The Labute approximate surface area is 152 Å². The van der Waals surface area contributed by atoms with Gasteiger partial charge in [0.1, 0.15) is 0 Å². The third-order valence-electron chi connectivity index (χ3n) is 4.99. The summed E-state index contributed by atoms with van der Waals surface area (Å²) in [6, 6.07) is 10.0. The van der Waals surface area contributed by atoms with Crippen molar-refractivity contribution < 1.29 is 4.79 Å². The number of para-hydroxylation sites is 2. The van der Waals surface area contributed by atoms with Gasteiger partial charge in [0.25, 0.3) is 0 Å². The van der Waals surface area contributed by atoms with Crippen molar-refractivity contribution in [2.75, 3.05) is 26.2 Å². The van der Waals surface area contributed by atoms with Crippen LogP contribution in [0.2, 0.25) is 0 Å². The molecule has 1 aliphatic rings. The van der Waals surface area contributed by atoms with Gasteiger partial charge in [-0.3, -0.25) is 14.8 Å². The van der Waals surface area contributed by atoms with Crippen LogP contribution in [0.15, 0.2) is 42.9 Å². The molecular weight excluding hydrogens is 328 g/mol. The van der Waals surface area contributed by atoms with Crippen LogP contribution >= 0.6 is 0 Å². The van der Waals surface area contributed by atoms with Crippen LogP contribution in [-0.4, -0.2) is 61.6 Å². The minimum atomic E-state index is 0.228. The molecule has 1 saturated heterocycles. The van der Waals surface area contributed by atoms with Gasteiger partial charge >= 0.3 is 0 Å². The summed E-state index contributed by atoms with van der Waals surface area (Å²) < 4.78 is 2.07. The quantitative estimate of drug-likeness (QED) is 0.761. The molecule has 0 radical (unpaired) electrons. The fourth-order valence-electron chi connectivity index (χ4n) is 3.55. The fraction of sp³-hybridized carbons (Fsp3) is 0.421. The summed E-state index contributed by atoms with van der Waals surface area (Å²) in [5, 5.41) is 7.01. The largest absolute Gasteiger partial charge is 0.341 e. The third-order valence-corrected chi connectivity index (χ3v) is 4.99. The lowest BCUT2D eigenvalue weighted by Gasteiger charge is -2.22. The van der Waals surface area contributed by atoms with Crippen LogP contribution in [0.1, 0.15) is 18.5 Å². The minimum Gasteiger partial charge on any atom is -0.341 e. The predicted molar refractivity (Wildman–Crippen MR) is 99.4 cm³/mol. The van der Waals surface area contributed by atoms with Crippen molar-refractivity contribution in [3.8, 4) is 0 Å². The predicted octanol–water partition coefficient (Wildman–Crippen LogP) is 1.88. The molecular formula is C19H24N6O. The number of hydrogen-bond acceptors (Lipinski definition) is 4. The van der Waals surface area contributed by atoms with E-state index < -0.39 is 0 Å². The van der Waals surface area contributed by atoms with Crippen molar-refractivity contribution >= 4 is 16.9 Å². The number of carbonyl (C=O) groups excluding carboxylic acids is 1. The Kier molecular flexibility index (Phi) is 4.97. The van der Waals surface area contributed by atoms with Crippen molar-refractivity contribution in [1.82, 2.24) is 29.5 Å². The van der Waals surface area contributed by atoms with Crippen LogP contribution in [0.25, 0.3) is 11.0 Å². The van der Waals surface area contributed by atoms with Gasteiger partial charge in [0.05, 0.1) is 17.4 Å². The molecule has 1 aromatic carbocycles. The highest BCUT2D eigenvalue weighted by Crippen LogP contribution is 2.13. The number of hydrogen-bond donors (Lipinski definition) is 1. The summed E-state index contributed by atoms with van der Waals surface area (Å²) in [5.41, 5.74) is 3.18. The first-order chi connectivity index (χ1) is 12.8. The summed E-state index contributed by atoms with van der Waals surface area (Å²) in [7, 11) is 0. The van der Waals surface area contributed by atoms with E-state index in [1.165, 1.54) is 0 Å². The number of amides is 1. The molecule has 0 atom stereocenters. The number of imidazole rings is 1.